The summed E-state index contributed by atoms with van der Waals surface area (Å²) >= 11 is 0. The van der Waals surface area contributed by atoms with Crippen LogP contribution in [0.2, 0.25) is 0 Å². The number of hydrogen-bond donors (Lipinski definition) is 2. The van der Waals surface area contributed by atoms with E-state index in [0.29, 0.717) is 17.1 Å². The maximum Gasteiger partial charge on any atom is 0.144 e. The van der Waals surface area contributed by atoms with Gasteiger partial charge >= 0.3 is 0 Å². The largest absolute Gasteiger partial charge is 0.507 e. The lowest BCUT2D eigenvalue weighted by atomic mass is 10.1. The van der Waals surface area contributed by atoms with Crippen LogP contribution < -0.4 is 5.32 Å². The molecule has 76 valence electrons. The number of phenols is 1. The van der Waals surface area contributed by atoms with Crippen LogP contribution in [-0.2, 0) is 0 Å². The standard InChI is InChI=1S/C11H11N3O/c1-12-11-7-13-6-9(14-11)8-4-2-3-5-10(8)15/h2-7,15H,1H3,(H,12,14). The first-order valence-corrected chi connectivity index (χ1v) is 4.59. The molecule has 2 aromatic rings. The molecular formula is C11H11N3O. The van der Waals surface area contributed by atoms with E-state index in [1.807, 2.05) is 6.07 Å². The topological polar surface area (TPSA) is 58.0 Å². The van der Waals surface area contributed by atoms with Crippen molar-refractivity contribution in [1.82, 2.24) is 9.97 Å². The second-order valence-corrected chi connectivity index (χ2v) is 3.06. The average Bonchev–Trinajstić information content (AvgIpc) is 2.30. The predicted molar refractivity (Wildman–Crippen MR) is 58.7 cm³/mol. The van der Waals surface area contributed by atoms with Gasteiger partial charge in [-0.3, -0.25) is 4.98 Å². The maximum absolute atomic E-state index is 9.64. The Hall–Kier alpha value is -2.10. The van der Waals surface area contributed by atoms with Crippen LogP contribution >= 0.6 is 0 Å². The molecule has 0 amide bonds. The number of hydrogen-bond acceptors (Lipinski definition) is 4. The van der Waals surface area contributed by atoms with Crippen LogP contribution in [0.1, 0.15) is 0 Å². The van der Waals surface area contributed by atoms with Crippen LogP contribution in [0.3, 0.4) is 0 Å². The summed E-state index contributed by atoms with van der Waals surface area (Å²) in [6.07, 6.45) is 3.25. The molecule has 4 nitrogen and oxygen atoms in total. The van der Waals surface area contributed by atoms with Crippen molar-refractivity contribution in [3.05, 3.63) is 36.7 Å². The zero-order valence-electron chi connectivity index (χ0n) is 8.31. The van der Waals surface area contributed by atoms with Crippen LogP contribution in [0, 0.1) is 0 Å². The Morgan fingerprint density at radius 1 is 1.20 bits per heavy atom. The van der Waals surface area contributed by atoms with Crippen molar-refractivity contribution in [1.29, 1.82) is 0 Å². The summed E-state index contributed by atoms with van der Waals surface area (Å²) in [5.41, 5.74) is 1.34. The van der Waals surface area contributed by atoms with E-state index in [1.165, 1.54) is 0 Å². The SMILES string of the molecule is CNc1cncc(-c2ccccc2O)n1. The number of rotatable bonds is 2. The van der Waals surface area contributed by atoms with Gasteiger partial charge in [0.25, 0.3) is 0 Å². The highest BCUT2D eigenvalue weighted by Crippen LogP contribution is 2.26. The lowest BCUT2D eigenvalue weighted by Gasteiger charge is -2.04. The molecule has 1 aromatic carbocycles. The van der Waals surface area contributed by atoms with Crippen molar-refractivity contribution in [3.8, 4) is 17.0 Å². The van der Waals surface area contributed by atoms with Crippen molar-refractivity contribution in [3.63, 3.8) is 0 Å². The van der Waals surface area contributed by atoms with E-state index in [4.69, 9.17) is 0 Å². The third-order valence-corrected chi connectivity index (χ3v) is 2.07. The minimum absolute atomic E-state index is 0.208. The molecule has 0 spiro atoms. The van der Waals surface area contributed by atoms with Crippen molar-refractivity contribution >= 4 is 5.82 Å². The number of anilines is 1. The Morgan fingerprint density at radius 2 is 2.00 bits per heavy atom. The molecule has 2 rings (SSSR count). The Labute approximate surface area is 87.6 Å². The van der Waals surface area contributed by atoms with Crippen LogP contribution in [0.5, 0.6) is 5.75 Å². The Balaban J connectivity index is 2.49. The average molecular weight is 201 g/mol. The molecule has 0 aliphatic carbocycles. The summed E-state index contributed by atoms with van der Waals surface area (Å²) in [5.74, 6) is 0.885. The third-order valence-electron chi connectivity index (χ3n) is 2.07. The van der Waals surface area contributed by atoms with Crippen LogP contribution in [0.25, 0.3) is 11.3 Å². The smallest absolute Gasteiger partial charge is 0.144 e. The van der Waals surface area contributed by atoms with E-state index < -0.39 is 0 Å². The molecule has 0 fully saturated rings. The molecule has 0 unspecified atom stereocenters. The first kappa shape index (κ1) is 9.45. The number of nitrogens with one attached hydrogen (secondary N) is 1. The molecule has 0 radical (unpaired) electrons. The lowest BCUT2D eigenvalue weighted by Crippen LogP contribution is -1.94. The lowest BCUT2D eigenvalue weighted by molar-refractivity contribution is 0.477. The molecule has 1 heterocycles. The fourth-order valence-electron chi connectivity index (χ4n) is 1.31. The summed E-state index contributed by atoms with van der Waals surface area (Å²) in [4.78, 5) is 8.33. The monoisotopic (exact) mass is 201 g/mol. The van der Waals surface area contributed by atoms with Gasteiger partial charge in [0.05, 0.1) is 18.1 Å². The molecule has 0 aliphatic heterocycles. The number of aromatic hydroxyl groups is 1. The Bertz CT molecular complexity index is 471. The van der Waals surface area contributed by atoms with Crippen LogP contribution in [0.15, 0.2) is 36.7 Å². The first-order valence-electron chi connectivity index (χ1n) is 4.59. The van der Waals surface area contributed by atoms with Gasteiger partial charge in [0.1, 0.15) is 11.6 Å². The van der Waals surface area contributed by atoms with Crippen molar-refractivity contribution in [2.45, 2.75) is 0 Å². The molecule has 0 aliphatic rings. The van der Waals surface area contributed by atoms with Gasteiger partial charge in [-0.25, -0.2) is 4.98 Å². The number of nitrogens with zero attached hydrogens (tertiary/aromatic N) is 2. The van der Waals surface area contributed by atoms with E-state index in [-0.39, 0.29) is 5.75 Å². The predicted octanol–water partition coefficient (Wildman–Crippen LogP) is 1.89. The van der Waals surface area contributed by atoms with E-state index in [2.05, 4.69) is 15.3 Å². The van der Waals surface area contributed by atoms with Crippen LogP contribution in [-0.4, -0.2) is 22.1 Å². The fraction of sp³-hybridized carbons (Fsp3) is 0.0909. The number of aromatic nitrogens is 2. The van der Waals surface area contributed by atoms with Gasteiger partial charge < -0.3 is 10.4 Å². The van der Waals surface area contributed by atoms with Gasteiger partial charge in [-0.2, -0.15) is 0 Å². The normalized spacial score (nSPS) is 9.93. The van der Waals surface area contributed by atoms with Gasteiger partial charge in [-0.15, -0.1) is 0 Å². The zero-order valence-corrected chi connectivity index (χ0v) is 8.31. The summed E-state index contributed by atoms with van der Waals surface area (Å²) in [6, 6.07) is 7.05. The van der Waals surface area contributed by atoms with Crippen molar-refractivity contribution in [2.24, 2.45) is 0 Å². The number of para-hydroxylation sites is 1. The molecular weight excluding hydrogens is 190 g/mol. The summed E-state index contributed by atoms with van der Waals surface area (Å²) < 4.78 is 0. The highest BCUT2D eigenvalue weighted by atomic mass is 16.3. The van der Waals surface area contributed by atoms with Gasteiger partial charge in [-0.05, 0) is 12.1 Å². The van der Waals surface area contributed by atoms with Crippen LogP contribution in [0.4, 0.5) is 5.82 Å². The molecule has 0 saturated carbocycles. The molecule has 1 aromatic heterocycles. The molecule has 0 bridgehead atoms. The maximum atomic E-state index is 9.64. The minimum Gasteiger partial charge on any atom is -0.507 e. The Morgan fingerprint density at radius 3 is 2.73 bits per heavy atom. The Kier molecular flexibility index (Phi) is 2.49. The van der Waals surface area contributed by atoms with Gasteiger partial charge in [0, 0.05) is 12.6 Å². The number of phenolic OH excluding ortho intramolecular Hbond substituents is 1. The highest BCUT2D eigenvalue weighted by Gasteiger charge is 2.05. The van der Waals surface area contributed by atoms with Gasteiger partial charge in [0.2, 0.25) is 0 Å². The van der Waals surface area contributed by atoms with Gasteiger partial charge in [0.15, 0.2) is 0 Å². The third kappa shape index (κ3) is 1.88. The van der Waals surface area contributed by atoms with Crippen molar-refractivity contribution < 1.29 is 5.11 Å². The molecule has 0 atom stereocenters. The second kappa shape index (κ2) is 3.96. The number of benzene rings is 1. The first-order chi connectivity index (χ1) is 7.31. The van der Waals surface area contributed by atoms with E-state index >= 15 is 0 Å². The molecule has 2 N–H and O–H groups in total. The zero-order chi connectivity index (χ0) is 10.7. The van der Waals surface area contributed by atoms with Gasteiger partial charge in [-0.1, -0.05) is 12.1 Å². The minimum atomic E-state index is 0.208. The van der Waals surface area contributed by atoms with E-state index in [0.717, 1.165) is 0 Å². The summed E-state index contributed by atoms with van der Waals surface area (Å²) in [7, 11) is 1.78. The summed E-state index contributed by atoms with van der Waals surface area (Å²) in [5, 5.41) is 12.5. The van der Waals surface area contributed by atoms with E-state index in [9.17, 15) is 5.11 Å². The highest BCUT2D eigenvalue weighted by molar-refractivity contribution is 5.66. The molecule has 15 heavy (non-hydrogen) atoms. The fourth-order valence-corrected chi connectivity index (χ4v) is 1.31. The quantitative estimate of drug-likeness (QED) is 0.779. The second-order valence-electron chi connectivity index (χ2n) is 3.06. The molecule has 0 saturated heterocycles. The van der Waals surface area contributed by atoms with Crippen molar-refractivity contribution in [2.75, 3.05) is 12.4 Å². The summed E-state index contributed by atoms with van der Waals surface area (Å²) in [6.45, 7) is 0. The van der Waals surface area contributed by atoms with E-state index in [1.54, 1.807) is 37.6 Å². The molecule has 4 heteroatoms.